The first-order valence-corrected chi connectivity index (χ1v) is 8.08. The van der Waals surface area contributed by atoms with E-state index in [1.54, 1.807) is 12.7 Å². The van der Waals surface area contributed by atoms with Gasteiger partial charge in [0.05, 0.1) is 29.0 Å². The summed E-state index contributed by atoms with van der Waals surface area (Å²) in [6, 6.07) is 8.55. The normalized spacial score (nSPS) is 18.7. The summed E-state index contributed by atoms with van der Waals surface area (Å²) in [6.45, 7) is 4.90. The Labute approximate surface area is 135 Å². The Morgan fingerprint density at radius 3 is 2.78 bits per heavy atom. The van der Waals surface area contributed by atoms with Crippen molar-refractivity contribution in [3.05, 3.63) is 48.3 Å². The van der Waals surface area contributed by atoms with E-state index >= 15 is 0 Å². The third kappa shape index (κ3) is 2.94. The summed E-state index contributed by atoms with van der Waals surface area (Å²) in [5.41, 5.74) is 4.04. The Hall–Kier alpha value is -2.34. The number of aryl methyl sites for hydroxylation is 1. The van der Waals surface area contributed by atoms with Gasteiger partial charge in [0.25, 0.3) is 0 Å². The van der Waals surface area contributed by atoms with Crippen LogP contribution in [0.4, 0.5) is 0 Å². The smallest absolute Gasteiger partial charge is 0.137 e. The first kappa shape index (κ1) is 14.3. The molecule has 3 heterocycles. The highest BCUT2D eigenvalue weighted by Crippen LogP contribution is 2.22. The third-order valence-corrected chi connectivity index (χ3v) is 4.56. The van der Waals surface area contributed by atoms with E-state index < -0.39 is 0 Å². The number of likely N-dealkylation sites (tertiary alicyclic amines) is 1. The fourth-order valence-electron chi connectivity index (χ4n) is 3.32. The predicted octanol–water partition coefficient (Wildman–Crippen LogP) is 2.19. The van der Waals surface area contributed by atoms with Crippen molar-refractivity contribution in [2.75, 3.05) is 6.54 Å². The first-order chi connectivity index (χ1) is 11.3. The number of hydrogen-bond acceptors (Lipinski definition) is 5. The van der Waals surface area contributed by atoms with Crippen LogP contribution in [0.15, 0.2) is 36.9 Å². The molecule has 1 aliphatic rings. The molecule has 2 aromatic heterocycles. The molecule has 0 spiro atoms. The van der Waals surface area contributed by atoms with Crippen LogP contribution in [0.3, 0.4) is 0 Å². The average Bonchev–Trinajstić information content (AvgIpc) is 3.21. The van der Waals surface area contributed by atoms with Gasteiger partial charge in [-0.2, -0.15) is 5.10 Å². The van der Waals surface area contributed by atoms with Gasteiger partial charge in [-0.05, 0) is 38.4 Å². The molecule has 0 aliphatic carbocycles. The minimum atomic E-state index is 0.490. The largest absolute Gasteiger partial charge is 0.293 e. The molecular weight excluding hydrogens is 288 g/mol. The first-order valence-electron chi connectivity index (χ1n) is 8.08. The second-order valence-electron chi connectivity index (χ2n) is 6.13. The highest BCUT2D eigenvalue weighted by molar-refractivity contribution is 5.74. The lowest BCUT2D eigenvalue weighted by Gasteiger charge is -2.24. The summed E-state index contributed by atoms with van der Waals surface area (Å²) >= 11 is 0. The van der Waals surface area contributed by atoms with Crippen LogP contribution < -0.4 is 0 Å². The second kappa shape index (κ2) is 6.04. The van der Waals surface area contributed by atoms with Crippen molar-refractivity contribution >= 4 is 11.0 Å². The molecule has 118 valence electrons. The van der Waals surface area contributed by atoms with Gasteiger partial charge < -0.3 is 0 Å². The van der Waals surface area contributed by atoms with E-state index in [0.717, 1.165) is 42.1 Å². The van der Waals surface area contributed by atoms with Gasteiger partial charge in [0, 0.05) is 12.6 Å². The number of benzene rings is 1. The summed E-state index contributed by atoms with van der Waals surface area (Å²) < 4.78 is 1.92. The van der Waals surface area contributed by atoms with Gasteiger partial charge in [-0.15, -0.1) is 0 Å². The Kier molecular flexibility index (Phi) is 3.75. The summed E-state index contributed by atoms with van der Waals surface area (Å²) in [5, 5.41) is 4.23. The monoisotopic (exact) mass is 308 g/mol. The van der Waals surface area contributed by atoms with Crippen LogP contribution in [0.25, 0.3) is 11.0 Å². The summed E-state index contributed by atoms with van der Waals surface area (Å²) in [4.78, 5) is 16.1. The number of para-hydroxylation sites is 2. The third-order valence-electron chi connectivity index (χ3n) is 4.56. The second-order valence-corrected chi connectivity index (χ2v) is 6.13. The standard InChI is InChI=1S/C17H20N6/c1-13-17(21-16-7-3-2-6-15(16)20-13)10-22-8-4-5-14(22)9-23-12-18-11-19-23/h2-3,6-7,11-12,14H,4-5,8-10H2,1H3/t14-/m1/s1. The van der Waals surface area contributed by atoms with Crippen LogP contribution >= 0.6 is 0 Å². The van der Waals surface area contributed by atoms with Gasteiger partial charge in [0.2, 0.25) is 0 Å². The molecule has 0 unspecified atom stereocenters. The zero-order valence-electron chi connectivity index (χ0n) is 13.3. The molecule has 1 aliphatic heterocycles. The molecule has 6 nitrogen and oxygen atoms in total. The molecule has 0 bridgehead atoms. The van der Waals surface area contributed by atoms with Crippen LogP contribution in [0.1, 0.15) is 24.2 Å². The van der Waals surface area contributed by atoms with Gasteiger partial charge in [-0.3, -0.25) is 9.58 Å². The van der Waals surface area contributed by atoms with Crippen molar-refractivity contribution in [2.45, 2.75) is 38.9 Å². The molecule has 0 saturated carbocycles. The maximum atomic E-state index is 4.83. The SMILES string of the molecule is Cc1nc2ccccc2nc1CN1CCC[C@@H]1Cn1cncn1. The van der Waals surface area contributed by atoms with E-state index in [1.807, 2.05) is 28.9 Å². The molecule has 0 amide bonds. The van der Waals surface area contributed by atoms with Crippen molar-refractivity contribution in [1.29, 1.82) is 0 Å². The molecule has 3 aromatic rings. The molecule has 23 heavy (non-hydrogen) atoms. The van der Waals surface area contributed by atoms with Crippen LogP contribution in [0.2, 0.25) is 0 Å². The lowest BCUT2D eigenvalue weighted by Crippen LogP contribution is -2.33. The molecule has 1 atom stereocenters. The molecule has 1 aromatic carbocycles. The van der Waals surface area contributed by atoms with Gasteiger partial charge in [0.15, 0.2) is 0 Å². The zero-order chi connectivity index (χ0) is 15.6. The maximum Gasteiger partial charge on any atom is 0.137 e. The fourth-order valence-corrected chi connectivity index (χ4v) is 3.32. The topological polar surface area (TPSA) is 59.7 Å². The molecule has 6 heteroatoms. The van der Waals surface area contributed by atoms with Crippen LogP contribution in [0, 0.1) is 6.92 Å². The van der Waals surface area contributed by atoms with E-state index in [-0.39, 0.29) is 0 Å². The van der Waals surface area contributed by atoms with Gasteiger partial charge in [-0.25, -0.2) is 15.0 Å². The van der Waals surface area contributed by atoms with E-state index in [1.165, 1.54) is 12.8 Å². The van der Waals surface area contributed by atoms with Gasteiger partial charge >= 0.3 is 0 Å². The highest BCUT2D eigenvalue weighted by atomic mass is 15.3. The lowest BCUT2D eigenvalue weighted by atomic mass is 10.2. The molecule has 1 fully saturated rings. The average molecular weight is 308 g/mol. The fraction of sp³-hybridized carbons (Fsp3) is 0.412. The molecule has 4 rings (SSSR count). The number of aromatic nitrogens is 5. The maximum absolute atomic E-state index is 4.83. The highest BCUT2D eigenvalue weighted by Gasteiger charge is 2.26. The van der Waals surface area contributed by atoms with Crippen molar-refractivity contribution in [3.8, 4) is 0 Å². The van der Waals surface area contributed by atoms with Crippen LogP contribution in [-0.2, 0) is 13.1 Å². The minimum absolute atomic E-state index is 0.490. The Bertz CT molecular complexity index is 798. The number of nitrogens with zero attached hydrogens (tertiary/aromatic N) is 6. The van der Waals surface area contributed by atoms with E-state index in [2.05, 4.69) is 21.9 Å². The summed E-state index contributed by atoms with van der Waals surface area (Å²) in [7, 11) is 0. The summed E-state index contributed by atoms with van der Waals surface area (Å²) in [6.07, 6.45) is 5.80. The molecular formula is C17H20N6. The number of fused-ring (bicyclic) bond motifs is 1. The quantitative estimate of drug-likeness (QED) is 0.739. The predicted molar refractivity (Wildman–Crippen MR) is 87.7 cm³/mol. The lowest BCUT2D eigenvalue weighted by molar-refractivity contribution is 0.216. The van der Waals surface area contributed by atoms with Gasteiger partial charge in [-0.1, -0.05) is 12.1 Å². The van der Waals surface area contributed by atoms with Crippen molar-refractivity contribution in [2.24, 2.45) is 0 Å². The zero-order valence-corrected chi connectivity index (χ0v) is 13.3. The van der Waals surface area contributed by atoms with Crippen LogP contribution in [-0.4, -0.2) is 42.2 Å². The summed E-state index contributed by atoms with van der Waals surface area (Å²) in [5.74, 6) is 0. The van der Waals surface area contributed by atoms with Crippen LogP contribution in [0.5, 0.6) is 0 Å². The van der Waals surface area contributed by atoms with Crippen molar-refractivity contribution < 1.29 is 0 Å². The molecule has 0 N–H and O–H groups in total. The Balaban J connectivity index is 1.55. The van der Waals surface area contributed by atoms with E-state index in [0.29, 0.717) is 6.04 Å². The van der Waals surface area contributed by atoms with E-state index in [4.69, 9.17) is 9.97 Å². The Morgan fingerprint density at radius 1 is 1.17 bits per heavy atom. The van der Waals surface area contributed by atoms with Crippen molar-refractivity contribution in [3.63, 3.8) is 0 Å². The number of hydrogen-bond donors (Lipinski definition) is 0. The minimum Gasteiger partial charge on any atom is -0.293 e. The molecule has 1 saturated heterocycles. The Morgan fingerprint density at radius 2 is 2.00 bits per heavy atom. The van der Waals surface area contributed by atoms with Crippen molar-refractivity contribution in [1.82, 2.24) is 29.6 Å². The molecule has 0 radical (unpaired) electrons. The van der Waals surface area contributed by atoms with E-state index in [9.17, 15) is 0 Å². The number of rotatable bonds is 4. The van der Waals surface area contributed by atoms with Gasteiger partial charge in [0.1, 0.15) is 12.7 Å².